The number of pyridine rings is 1. The van der Waals surface area contributed by atoms with Gasteiger partial charge in [0.05, 0.1) is 16.7 Å². The Labute approximate surface area is 140 Å². The number of nitrogens with one attached hydrogen (secondary N) is 1. The summed E-state index contributed by atoms with van der Waals surface area (Å²) < 4.78 is 0. The van der Waals surface area contributed by atoms with E-state index in [2.05, 4.69) is 22.2 Å². The predicted octanol–water partition coefficient (Wildman–Crippen LogP) is 2.59. The molecule has 1 aliphatic rings. The van der Waals surface area contributed by atoms with Crippen LogP contribution < -0.4 is 5.32 Å². The van der Waals surface area contributed by atoms with E-state index in [4.69, 9.17) is 0 Å². The fourth-order valence-electron chi connectivity index (χ4n) is 2.92. The van der Waals surface area contributed by atoms with Crippen LogP contribution in [0.2, 0.25) is 0 Å². The number of hydrogen-bond acceptors (Lipinski definition) is 5. The van der Waals surface area contributed by atoms with Crippen molar-refractivity contribution in [2.75, 3.05) is 19.6 Å². The second kappa shape index (κ2) is 7.19. The lowest BCUT2D eigenvalue weighted by molar-refractivity contribution is 0.0638. The molecule has 1 N–H and O–H groups in total. The van der Waals surface area contributed by atoms with Crippen LogP contribution in [0.5, 0.6) is 0 Å². The van der Waals surface area contributed by atoms with E-state index in [-0.39, 0.29) is 11.9 Å². The number of aryl methyl sites for hydroxylation is 2. The molecule has 122 valence electrons. The van der Waals surface area contributed by atoms with Crippen molar-refractivity contribution in [3.63, 3.8) is 0 Å². The highest BCUT2D eigenvalue weighted by atomic mass is 32.1. The number of aromatic nitrogens is 2. The summed E-state index contributed by atoms with van der Waals surface area (Å²) in [5, 5.41) is 4.43. The van der Waals surface area contributed by atoms with Gasteiger partial charge in [-0.25, -0.2) is 4.98 Å². The van der Waals surface area contributed by atoms with E-state index in [1.165, 1.54) is 0 Å². The molecule has 1 amide bonds. The van der Waals surface area contributed by atoms with Crippen LogP contribution in [0.4, 0.5) is 0 Å². The number of carbonyl (C=O) groups excluding carboxylic acids is 1. The minimum absolute atomic E-state index is 0.0288. The molecule has 1 unspecified atom stereocenters. The highest BCUT2D eigenvalue weighted by Crippen LogP contribution is 2.27. The van der Waals surface area contributed by atoms with Gasteiger partial charge in [-0.3, -0.25) is 9.78 Å². The van der Waals surface area contributed by atoms with Gasteiger partial charge in [0, 0.05) is 32.0 Å². The van der Waals surface area contributed by atoms with Gasteiger partial charge in [0.2, 0.25) is 0 Å². The Morgan fingerprint density at radius 2 is 2.39 bits per heavy atom. The van der Waals surface area contributed by atoms with Crippen LogP contribution >= 0.6 is 11.3 Å². The van der Waals surface area contributed by atoms with Crippen molar-refractivity contribution in [3.05, 3.63) is 45.7 Å². The lowest BCUT2D eigenvalue weighted by Crippen LogP contribution is -2.48. The van der Waals surface area contributed by atoms with Crippen LogP contribution in [0, 0.1) is 6.92 Å². The van der Waals surface area contributed by atoms with E-state index in [0.717, 1.165) is 47.1 Å². The second-order valence-corrected chi connectivity index (χ2v) is 6.86. The molecule has 0 aliphatic carbocycles. The number of nitrogens with zero attached hydrogens (tertiary/aromatic N) is 3. The number of carbonyl (C=O) groups is 1. The molecule has 5 nitrogen and oxygen atoms in total. The van der Waals surface area contributed by atoms with Crippen molar-refractivity contribution in [1.82, 2.24) is 20.2 Å². The fourth-order valence-corrected chi connectivity index (χ4v) is 4.04. The Morgan fingerprint density at radius 3 is 3.13 bits per heavy atom. The molecule has 2 aromatic heterocycles. The molecule has 3 heterocycles. The Bertz CT molecular complexity index is 670. The largest absolute Gasteiger partial charge is 0.328 e. The van der Waals surface area contributed by atoms with Gasteiger partial charge in [0.25, 0.3) is 5.91 Å². The summed E-state index contributed by atoms with van der Waals surface area (Å²) in [5.41, 5.74) is 1.93. The minimum atomic E-state index is 0.0288. The van der Waals surface area contributed by atoms with Crippen LogP contribution in [-0.2, 0) is 6.42 Å². The fraction of sp³-hybridized carbons (Fsp3) is 0.471. The van der Waals surface area contributed by atoms with Crippen molar-refractivity contribution in [2.45, 2.75) is 32.7 Å². The molecule has 2 aromatic rings. The van der Waals surface area contributed by atoms with Gasteiger partial charge in [0.15, 0.2) is 0 Å². The zero-order valence-electron chi connectivity index (χ0n) is 13.6. The van der Waals surface area contributed by atoms with Crippen LogP contribution in [0.1, 0.15) is 45.3 Å². The normalized spacial score (nSPS) is 18.2. The number of rotatable bonds is 4. The molecule has 0 saturated carbocycles. The van der Waals surface area contributed by atoms with Crippen molar-refractivity contribution in [2.24, 2.45) is 0 Å². The lowest BCUT2D eigenvalue weighted by atomic mass is 10.0. The Hall–Kier alpha value is -1.79. The minimum Gasteiger partial charge on any atom is -0.328 e. The molecular weight excluding hydrogens is 308 g/mol. The van der Waals surface area contributed by atoms with E-state index in [1.54, 1.807) is 17.5 Å². The Kier molecular flexibility index (Phi) is 5.03. The van der Waals surface area contributed by atoms with Gasteiger partial charge >= 0.3 is 0 Å². The summed E-state index contributed by atoms with van der Waals surface area (Å²) in [6, 6.07) is 3.98. The first kappa shape index (κ1) is 16.1. The lowest BCUT2D eigenvalue weighted by Gasteiger charge is -2.36. The molecule has 1 fully saturated rings. The number of amides is 1. The third-order valence-electron chi connectivity index (χ3n) is 4.07. The summed E-state index contributed by atoms with van der Waals surface area (Å²) >= 11 is 1.54. The van der Waals surface area contributed by atoms with E-state index < -0.39 is 0 Å². The van der Waals surface area contributed by atoms with Crippen LogP contribution in [0.25, 0.3) is 0 Å². The van der Waals surface area contributed by atoms with Gasteiger partial charge in [0.1, 0.15) is 4.88 Å². The standard InChI is InChI=1S/C17H22N4OS/c1-3-5-15-20-12(2)16(23-15)17(22)21-9-8-19-11-14(21)13-6-4-7-18-10-13/h4,6-7,10,14,19H,3,5,8-9,11H2,1-2H3. The van der Waals surface area contributed by atoms with Gasteiger partial charge in [-0.15, -0.1) is 11.3 Å². The molecule has 0 bridgehead atoms. The molecule has 6 heteroatoms. The maximum atomic E-state index is 13.1. The number of thiazole rings is 1. The van der Waals surface area contributed by atoms with Gasteiger partial charge in [-0.1, -0.05) is 13.0 Å². The van der Waals surface area contributed by atoms with Crippen LogP contribution in [0.15, 0.2) is 24.5 Å². The molecule has 0 radical (unpaired) electrons. The smallest absolute Gasteiger partial charge is 0.266 e. The molecule has 3 rings (SSSR count). The molecule has 1 aliphatic heterocycles. The number of hydrogen-bond donors (Lipinski definition) is 1. The predicted molar refractivity (Wildman–Crippen MR) is 91.7 cm³/mol. The molecule has 0 aromatic carbocycles. The third kappa shape index (κ3) is 3.43. The van der Waals surface area contributed by atoms with Gasteiger partial charge in [-0.05, 0) is 31.4 Å². The van der Waals surface area contributed by atoms with Crippen molar-refractivity contribution in [1.29, 1.82) is 0 Å². The average molecular weight is 330 g/mol. The number of piperazine rings is 1. The average Bonchev–Trinajstić information content (AvgIpc) is 2.96. The monoisotopic (exact) mass is 330 g/mol. The topological polar surface area (TPSA) is 58.1 Å². The summed E-state index contributed by atoms with van der Waals surface area (Å²) in [6.07, 6.45) is 5.59. The molecule has 23 heavy (non-hydrogen) atoms. The molecule has 1 atom stereocenters. The van der Waals surface area contributed by atoms with E-state index in [1.807, 2.05) is 30.2 Å². The Balaban J connectivity index is 1.87. The van der Waals surface area contributed by atoms with Crippen LogP contribution in [0.3, 0.4) is 0 Å². The van der Waals surface area contributed by atoms with E-state index >= 15 is 0 Å². The van der Waals surface area contributed by atoms with Crippen molar-refractivity contribution in [3.8, 4) is 0 Å². The van der Waals surface area contributed by atoms with Gasteiger partial charge in [-0.2, -0.15) is 0 Å². The summed E-state index contributed by atoms with van der Waals surface area (Å²) in [7, 11) is 0. The first-order valence-corrected chi connectivity index (χ1v) is 8.90. The van der Waals surface area contributed by atoms with Gasteiger partial charge < -0.3 is 10.2 Å². The van der Waals surface area contributed by atoms with E-state index in [0.29, 0.717) is 6.54 Å². The molecule has 1 saturated heterocycles. The summed E-state index contributed by atoms with van der Waals surface area (Å²) in [4.78, 5) is 24.6. The zero-order valence-corrected chi connectivity index (χ0v) is 14.4. The molecular formula is C17H22N4OS. The third-order valence-corrected chi connectivity index (χ3v) is 5.28. The molecule has 0 spiro atoms. The summed E-state index contributed by atoms with van der Waals surface area (Å²) in [6.45, 7) is 6.36. The maximum Gasteiger partial charge on any atom is 0.266 e. The zero-order chi connectivity index (χ0) is 16.2. The summed E-state index contributed by atoms with van der Waals surface area (Å²) in [5.74, 6) is 0.0951. The van der Waals surface area contributed by atoms with E-state index in [9.17, 15) is 4.79 Å². The maximum absolute atomic E-state index is 13.1. The highest BCUT2D eigenvalue weighted by Gasteiger charge is 2.30. The first-order valence-electron chi connectivity index (χ1n) is 8.08. The van der Waals surface area contributed by atoms with Crippen molar-refractivity contribution < 1.29 is 4.79 Å². The second-order valence-electron chi connectivity index (χ2n) is 5.78. The highest BCUT2D eigenvalue weighted by molar-refractivity contribution is 7.13. The quantitative estimate of drug-likeness (QED) is 0.936. The first-order chi connectivity index (χ1) is 11.2. The SMILES string of the molecule is CCCc1nc(C)c(C(=O)N2CCNCC2c2cccnc2)s1. The Morgan fingerprint density at radius 1 is 1.52 bits per heavy atom. The van der Waals surface area contributed by atoms with Crippen molar-refractivity contribution >= 4 is 17.2 Å². The van der Waals surface area contributed by atoms with Crippen LogP contribution in [-0.4, -0.2) is 40.4 Å².